The third-order valence-electron chi connectivity index (χ3n) is 3.61. The second kappa shape index (κ2) is 8.95. The van der Waals surface area contributed by atoms with Crippen molar-refractivity contribution in [2.45, 2.75) is 63.6 Å². The molecule has 0 aromatic heterocycles. The topological polar surface area (TPSA) is 58.2 Å². The Hall–Kier alpha value is -0.340. The summed E-state index contributed by atoms with van der Waals surface area (Å²) >= 11 is 0. The molecule has 8 heteroatoms. The Bertz CT molecular complexity index is 377. The first-order chi connectivity index (χ1) is 9.79. The van der Waals surface area contributed by atoms with Gasteiger partial charge in [0.05, 0.1) is 5.75 Å². The van der Waals surface area contributed by atoms with Gasteiger partial charge >= 0.3 is 6.18 Å². The van der Waals surface area contributed by atoms with E-state index in [-0.39, 0.29) is 6.54 Å². The van der Waals surface area contributed by atoms with E-state index in [2.05, 4.69) is 10.0 Å². The van der Waals surface area contributed by atoms with Crippen molar-refractivity contribution in [1.29, 1.82) is 0 Å². The Kier molecular flexibility index (Phi) is 7.97. The molecular weight excluding hydrogens is 305 g/mol. The summed E-state index contributed by atoms with van der Waals surface area (Å²) in [6.45, 7) is 0.744. The predicted molar refractivity (Wildman–Crippen MR) is 76.6 cm³/mol. The molecule has 1 rings (SSSR count). The van der Waals surface area contributed by atoms with Crippen molar-refractivity contribution in [2.75, 3.05) is 18.8 Å². The van der Waals surface area contributed by atoms with Crippen LogP contribution in [-0.2, 0) is 10.0 Å². The van der Waals surface area contributed by atoms with Crippen molar-refractivity contribution in [3.63, 3.8) is 0 Å². The van der Waals surface area contributed by atoms with Crippen molar-refractivity contribution in [3.8, 4) is 0 Å². The quantitative estimate of drug-likeness (QED) is 0.531. The number of hydrogen-bond donors (Lipinski definition) is 2. The lowest BCUT2D eigenvalue weighted by atomic mass is 10.1. The van der Waals surface area contributed by atoms with E-state index >= 15 is 0 Å². The van der Waals surface area contributed by atoms with Crippen LogP contribution in [0.3, 0.4) is 0 Å². The van der Waals surface area contributed by atoms with Crippen LogP contribution in [-0.4, -0.2) is 39.5 Å². The molecule has 0 aromatic rings. The largest absolute Gasteiger partial charge is 0.389 e. The van der Waals surface area contributed by atoms with Gasteiger partial charge in [0.2, 0.25) is 10.0 Å². The average Bonchev–Trinajstić information content (AvgIpc) is 2.61. The van der Waals surface area contributed by atoms with Gasteiger partial charge in [-0.1, -0.05) is 25.7 Å². The van der Waals surface area contributed by atoms with Crippen molar-refractivity contribution >= 4 is 10.0 Å². The highest BCUT2D eigenvalue weighted by molar-refractivity contribution is 7.89. The van der Waals surface area contributed by atoms with Gasteiger partial charge in [-0.05, 0) is 19.3 Å². The van der Waals surface area contributed by atoms with E-state index < -0.39 is 34.8 Å². The van der Waals surface area contributed by atoms with Crippen LogP contribution in [0.15, 0.2) is 0 Å². The fraction of sp³-hybridized carbons (Fsp3) is 1.00. The molecule has 1 aliphatic rings. The molecule has 0 amide bonds. The molecule has 0 aliphatic heterocycles. The highest BCUT2D eigenvalue weighted by atomic mass is 32.2. The van der Waals surface area contributed by atoms with Crippen LogP contribution in [0, 0.1) is 0 Å². The van der Waals surface area contributed by atoms with Crippen molar-refractivity contribution in [1.82, 2.24) is 10.0 Å². The van der Waals surface area contributed by atoms with Gasteiger partial charge in [-0.2, -0.15) is 13.2 Å². The van der Waals surface area contributed by atoms with E-state index in [4.69, 9.17) is 0 Å². The Morgan fingerprint density at radius 3 is 2.19 bits per heavy atom. The monoisotopic (exact) mass is 330 g/mol. The molecule has 0 unspecified atom stereocenters. The van der Waals surface area contributed by atoms with Crippen LogP contribution in [0.1, 0.15) is 51.4 Å². The first-order valence-corrected chi connectivity index (χ1v) is 9.21. The summed E-state index contributed by atoms with van der Waals surface area (Å²) in [5.41, 5.74) is 0. The van der Waals surface area contributed by atoms with Gasteiger partial charge in [-0.25, -0.2) is 13.1 Å². The first kappa shape index (κ1) is 18.7. The average molecular weight is 330 g/mol. The first-order valence-electron chi connectivity index (χ1n) is 7.56. The highest BCUT2D eigenvalue weighted by Crippen LogP contribution is 2.21. The van der Waals surface area contributed by atoms with Crippen molar-refractivity contribution in [3.05, 3.63) is 0 Å². The molecule has 0 radical (unpaired) electrons. The van der Waals surface area contributed by atoms with E-state index in [1.165, 1.54) is 25.7 Å². The molecule has 1 saturated carbocycles. The van der Waals surface area contributed by atoms with Crippen molar-refractivity contribution < 1.29 is 21.6 Å². The summed E-state index contributed by atoms with van der Waals surface area (Å²) in [5.74, 6) is -0.476. The van der Waals surface area contributed by atoms with E-state index in [1.54, 1.807) is 0 Å². The maximum absolute atomic E-state index is 12.0. The van der Waals surface area contributed by atoms with E-state index in [0.717, 1.165) is 12.8 Å². The molecule has 1 aliphatic carbocycles. The molecule has 1 fully saturated rings. The zero-order valence-corrected chi connectivity index (χ0v) is 13.0. The Labute approximate surface area is 124 Å². The molecule has 0 saturated heterocycles. The van der Waals surface area contributed by atoms with Crippen molar-refractivity contribution in [2.24, 2.45) is 0 Å². The lowest BCUT2D eigenvalue weighted by Crippen LogP contribution is -2.37. The van der Waals surface area contributed by atoms with Gasteiger partial charge in [-0.15, -0.1) is 0 Å². The minimum absolute atomic E-state index is 0.227. The van der Waals surface area contributed by atoms with E-state index in [9.17, 15) is 21.6 Å². The predicted octanol–water partition coefficient (Wildman–Crippen LogP) is 2.56. The molecule has 0 bridgehead atoms. The van der Waals surface area contributed by atoms with Crippen LogP contribution in [0.2, 0.25) is 0 Å². The van der Waals surface area contributed by atoms with Gasteiger partial charge in [0, 0.05) is 25.6 Å². The number of nitrogens with one attached hydrogen (secondary N) is 2. The fourth-order valence-corrected chi connectivity index (χ4v) is 3.58. The van der Waals surface area contributed by atoms with E-state index in [1.807, 2.05) is 0 Å². The molecule has 0 aromatic carbocycles. The molecular formula is C13H25F3N2O2S. The SMILES string of the molecule is O=S(=O)(CCCC(F)(F)F)NCCNC1CCCCCC1. The number of alkyl halides is 3. The minimum Gasteiger partial charge on any atom is -0.313 e. The van der Waals surface area contributed by atoms with Crippen LogP contribution in [0.4, 0.5) is 13.2 Å². The Morgan fingerprint density at radius 1 is 1.00 bits per heavy atom. The summed E-state index contributed by atoms with van der Waals surface area (Å²) in [4.78, 5) is 0. The summed E-state index contributed by atoms with van der Waals surface area (Å²) in [5, 5.41) is 3.31. The molecule has 0 atom stereocenters. The maximum Gasteiger partial charge on any atom is 0.389 e. The van der Waals surface area contributed by atoms with Gasteiger partial charge in [0.25, 0.3) is 0 Å². The maximum atomic E-state index is 12.0. The Balaban J connectivity index is 2.12. The molecule has 0 spiro atoms. The summed E-state index contributed by atoms with van der Waals surface area (Å²) < 4.78 is 61.2. The van der Waals surface area contributed by atoms with Gasteiger partial charge in [-0.3, -0.25) is 0 Å². The van der Waals surface area contributed by atoms with Crippen LogP contribution in [0.5, 0.6) is 0 Å². The number of hydrogen-bond acceptors (Lipinski definition) is 3. The third-order valence-corrected chi connectivity index (χ3v) is 5.08. The zero-order chi connectivity index (χ0) is 15.8. The van der Waals surface area contributed by atoms with Crippen LogP contribution in [0.25, 0.3) is 0 Å². The lowest BCUT2D eigenvalue weighted by Gasteiger charge is -2.16. The molecule has 126 valence electrons. The number of sulfonamides is 1. The third kappa shape index (κ3) is 10.1. The van der Waals surface area contributed by atoms with Gasteiger partial charge in [0.1, 0.15) is 0 Å². The van der Waals surface area contributed by atoms with E-state index in [0.29, 0.717) is 12.6 Å². The summed E-state index contributed by atoms with van der Waals surface area (Å²) in [7, 11) is -3.60. The smallest absolute Gasteiger partial charge is 0.313 e. The molecule has 21 heavy (non-hydrogen) atoms. The zero-order valence-electron chi connectivity index (χ0n) is 12.2. The number of halogens is 3. The Morgan fingerprint density at radius 2 is 1.62 bits per heavy atom. The second-order valence-corrected chi connectivity index (χ2v) is 7.50. The van der Waals surface area contributed by atoms with Gasteiger partial charge in [0.15, 0.2) is 0 Å². The highest BCUT2D eigenvalue weighted by Gasteiger charge is 2.27. The van der Waals surface area contributed by atoms with Crippen LogP contribution >= 0.6 is 0 Å². The normalized spacial score (nSPS) is 18.6. The minimum atomic E-state index is -4.30. The standard InChI is InChI=1S/C13H25F3N2O2S/c14-13(15,16)8-5-11-21(19,20)18-10-9-17-12-6-3-1-2-4-7-12/h12,17-18H,1-11H2. The number of rotatable bonds is 8. The summed E-state index contributed by atoms with van der Waals surface area (Å²) in [6.07, 6.45) is 1.37. The summed E-state index contributed by atoms with van der Waals surface area (Å²) in [6, 6.07) is 0.433. The molecule has 0 heterocycles. The van der Waals surface area contributed by atoms with Crippen LogP contribution < -0.4 is 10.0 Å². The lowest BCUT2D eigenvalue weighted by molar-refractivity contribution is -0.134. The fourth-order valence-electron chi connectivity index (χ4n) is 2.50. The molecule has 4 nitrogen and oxygen atoms in total. The molecule has 2 N–H and O–H groups in total. The van der Waals surface area contributed by atoms with Gasteiger partial charge < -0.3 is 5.32 Å². The second-order valence-electron chi connectivity index (χ2n) is 5.57.